The van der Waals surface area contributed by atoms with Gasteiger partial charge in [-0.15, -0.1) is 0 Å². The van der Waals surface area contributed by atoms with Crippen LogP contribution < -0.4 is 9.47 Å². The number of aliphatic hydroxyl groups excluding tert-OH is 2. The lowest BCUT2D eigenvalue weighted by atomic mass is 10.0. The van der Waals surface area contributed by atoms with E-state index in [1.165, 1.54) is 44.6 Å². The van der Waals surface area contributed by atoms with Crippen LogP contribution in [0.2, 0.25) is 0 Å². The Kier molecular flexibility index (Phi) is 18.8. The molecule has 44 heavy (non-hydrogen) atoms. The Morgan fingerprint density at radius 2 is 1.36 bits per heavy atom. The fourth-order valence-corrected chi connectivity index (χ4v) is 4.99. The highest BCUT2D eigenvalue weighted by Gasteiger charge is 2.15. The second-order valence-corrected chi connectivity index (χ2v) is 11.7. The molecule has 0 fully saturated rings. The minimum Gasteiger partial charge on any atom is -0.508 e. The van der Waals surface area contributed by atoms with Crippen LogP contribution >= 0.6 is 0 Å². The minimum atomic E-state index is -0.538. The lowest BCUT2D eigenvalue weighted by Gasteiger charge is -2.10. The number of unbranched alkanes of at least 4 members (excludes halogenated alkanes) is 8. The average molecular weight is 611 g/mol. The number of aromatic hydroxyl groups is 1. The smallest absolute Gasteiger partial charge is 0.231 e. The van der Waals surface area contributed by atoms with Gasteiger partial charge in [-0.25, -0.2) is 0 Å². The first kappa shape index (κ1) is 37.0. The minimum absolute atomic E-state index is 0.0656. The van der Waals surface area contributed by atoms with Gasteiger partial charge in [0.15, 0.2) is 17.3 Å². The monoisotopic (exact) mass is 610 g/mol. The number of phenolic OH excluding ortho intramolecular Hbond substituents is 1. The van der Waals surface area contributed by atoms with Crippen LogP contribution in [-0.2, 0) is 16.0 Å². The van der Waals surface area contributed by atoms with E-state index >= 15 is 0 Å². The van der Waals surface area contributed by atoms with E-state index in [0.717, 1.165) is 54.7 Å². The first-order valence-corrected chi connectivity index (χ1v) is 16.6. The van der Waals surface area contributed by atoms with Crippen LogP contribution in [-0.4, -0.2) is 45.9 Å². The average Bonchev–Trinajstić information content (AvgIpc) is 3.48. The summed E-state index contributed by atoms with van der Waals surface area (Å²) in [7, 11) is 0. The molecule has 7 nitrogen and oxygen atoms in total. The molecule has 0 radical (unpaired) electrons. The van der Waals surface area contributed by atoms with Gasteiger partial charge in [0.25, 0.3) is 0 Å². The van der Waals surface area contributed by atoms with Gasteiger partial charge in [-0.05, 0) is 60.7 Å². The third-order valence-electron chi connectivity index (χ3n) is 7.67. The number of carbonyl (C=O) groups excluding carboxylic acids is 2. The molecule has 244 valence electrons. The molecule has 0 aliphatic carbocycles. The number of allylic oxidation sites excluding steroid dienone is 1. The summed E-state index contributed by atoms with van der Waals surface area (Å²) in [5.74, 6) is 1.78. The number of rotatable bonds is 21. The molecule has 0 aromatic heterocycles. The lowest BCUT2D eigenvalue weighted by molar-refractivity contribution is -0.121. The highest BCUT2D eigenvalue weighted by molar-refractivity contribution is 5.93. The number of aryl methyl sites for hydroxylation is 1. The fraction of sp³-hybridized carbons (Fsp3) is 0.568. The molecule has 0 saturated carbocycles. The number of benzene rings is 2. The van der Waals surface area contributed by atoms with Crippen molar-refractivity contribution in [2.75, 3.05) is 6.79 Å². The Balaban J connectivity index is 0.000000308. The van der Waals surface area contributed by atoms with Gasteiger partial charge in [0.1, 0.15) is 11.5 Å². The summed E-state index contributed by atoms with van der Waals surface area (Å²) < 4.78 is 10.6. The third kappa shape index (κ3) is 16.6. The topological polar surface area (TPSA) is 113 Å². The molecule has 0 amide bonds. The van der Waals surface area contributed by atoms with Crippen LogP contribution in [0.4, 0.5) is 0 Å². The molecule has 0 bridgehead atoms. The maximum Gasteiger partial charge on any atom is 0.231 e. The van der Waals surface area contributed by atoms with Gasteiger partial charge in [-0.2, -0.15) is 0 Å². The van der Waals surface area contributed by atoms with E-state index in [2.05, 4.69) is 13.8 Å². The zero-order valence-electron chi connectivity index (χ0n) is 26.8. The normalized spacial score (nSPS) is 13.4. The highest BCUT2D eigenvalue weighted by Crippen LogP contribution is 2.32. The molecule has 1 heterocycles. The van der Waals surface area contributed by atoms with Crippen molar-refractivity contribution in [3.05, 3.63) is 59.7 Å². The molecule has 2 aromatic carbocycles. The molecule has 7 heteroatoms. The van der Waals surface area contributed by atoms with Crippen molar-refractivity contribution in [2.45, 2.75) is 129 Å². The van der Waals surface area contributed by atoms with Crippen LogP contribution in [0.5, 0.6) is 17.2 Å². The summed E-state index contributed by atoms with van der Waals surface area (Å²) in [5.41, 5.74) is 1.92. The number of hydrogen-bond acceptors (Lipinski definition) is 7. The Hall–Kier alpha value is -3.16. The predicted octanol–water partition coefficient (Wildman–Crippen LogP) is 8.11. The van der Waals surface area contributed by atoms with Gasteiger partial charge in [0.05, 0.1) is 12.2 Å². The maximum atomic E-state index is 12.0. The zero-order valence-corrected chi connectivity index (χ0v) is 26.8. The van der Waals surface area contributed by atoms with Gasteiger partial charge in [0.2, 0.25) is 6.79 Å². The van der Waals surface area contributed by atoms with Crippen LogP contribution in [0.25, 0.3) is 6.08 Å². The summed E-state index contributed by atoms with van der Waals surface area (Å²) in [5, 5.41) is 28.9. The number of ether oxygens (including phenoxy) is 2. The SMILES string of the molecule is CCCCCCCC(O)CC(=O)C=Cc1ccc(O)cc1.CCCCCCCC(O)CC(=O)CCc1ccc2c(c1)OCO2. The molecule has 2 unspecified atom stereocenters. The largest absolute Gasteiger partial charge is 0.508 e. The molecular weight excluding hydrogens is 556 g/mol. The van der Waals surface area contributed by atoms with Crippen molar-refractivity contribution in [1.29, 1.82) is 0 Å². The zero-order chi connectivity index (χ0) is 32.0. The van der Waals surface area contributed by atoms with Crippen LogP contribution in [0.15, 0.2) is 48.5 Å². The lowest BCUT2D eigenvalue weighted by Crippen LogP contribution is -2.13. The Bertz CT molecular complexity index is 1110. The maximum absolute atomic E-state index is 12.0. The Morgan fingerprint density at radius 1 is 0.773 bits per heavy atom. The number of fused-ring (bicyclic) bond motifs is 1. The quantitative estimate of drug-likeness (QED) is 0.0966. The van der Waals surface area contributed by atoms with Gasteiger partial charge in [-0.1, -0.05) is 102 Å². The number of ketones is 2. The van der Waals surface area contributed by atoms with Crippen molar-refractivity contribution in [3.8, 4) is 17.2 Å². The van der Waals surface area contributed by atoms with Crippen molar-refractivity contribution in [3.63, 3.8) is 0 Å². The molecule has 2 atom stereocenters. The first-order valence-electron chi connectivity index (χ1n) is 16.6. The number of phenols is 1. The third-order valence-corrected chi connectivity index (χ3v) is 7.67. The molecular formula is C37H54O7. The number of carbonyl (C=O) groups is 2. The van der Waals surface area contributed by atoms with E-state index in [1.54, 1.807) is 30.3 Å². The highest BCUT2D eigenvalue weighted by atomic mass is 16.7. The van der Waals surface area contributed by atoms with Gasteiger partial charge < -0.3 is 24.8 Å². The van der Waals surface area contributed by atoms with E-state index < -0.39 is 12.2 Å². The number of aliphatic hydroxyl groups is 2. The second kappa shape index (κ2) is 22.4. The van der Waals surface area contributed by atoms with Gasteiger partial charge >= 0.3 is 0 Å². The molecule has 1 aliphatic heterocycles. The molecule has 3 rings (SSSR count). The van der Waals surface area contributed by atoms with E-state index in [1.807, 2.05) is 18.2 Å². The number of hydrogen-bond donors (Lipinski definition) is 3. The van der Waals surface area contributed by atoms with E-state index in [-0.39, 0.29) is 37.0 Å². The van der Waals surface area contributed by atoms with Gasteiger partial charge in [-0.3, -0.25) is 9.59 Å². The van der Waals surface area contributed by atoms with Crippen molar-refractivity contribution >= 4 is 17.6 Å². The van der Waals surface area contributed by atoms with Crippen molar-refractivity contribution < 1.29 is 34.4 Å². The second-order valence-electron chi connectivity index (χ2n) is 11.7. The standard InChI is InChI=1S/C19H28O4.C18H26O3/c1-2-3-4-5-6-7-16(20)13-17(21)10-8-15-9-11-18-19(12-15)23-14-22-18;1-2-3-4-5-6-7-17(20)14-18(21)13-10-15-8-11-16(19)12-9-15/h9,11-12,16,20H,2-8,10,13-14H2,1H3;8-13,17,19-20H,2-7,14H2,1H3. The number of Topliss-reactive ketones (excluding diaryl/α,β-unsaturated/α-hetero) is 1. The van der Waals surface area contributed by atoms with Crippen molar-refractivity contribution in [2.24, 2.45) is 0 Å². The van der Waals surface area contributed by atoms with Crippen molar-refractivity contribution in [1.82, 2.24) is 0 Å². The molecule has 0 saturated heterocycles. The molecule has 2 aromatic rings. The van der Waals surface area contributed by atoms with Gasteiger partial charge in [0, 0.05) is 19.3 Å². The van der Waals surface area contributed by atoms with E-state index in [4.69, 9.17) is 14.6 Å². The summed E-state index contributed by atoms with van der Waals surface area (Å²) in [6, 6.07) is 12.4. The molecule has 3 N–H and O–H groups in total. The van der Waals surface area contributed by atoms with Crippen LogP contribution in [0.1, 0.15) is 121 Å². The fourth-order valence-electron chi connectivity index (χ4n) is 4.99. The molecule has 0 spiro atoms. The Labute approximate surface area is 264 Å². The van der Waals surface area contributed by atoms with E-state index in [9.17, 15) is 19.8 Å². The summed E-state index contributed by atoms with van der Waals surface area (Å²) in [6.07, 6.45) is 16.8. The summed E-state index contributed by atoms with van der Waals surface area (Å²) >= 11 is 0. The molecule has 1 aliphatic rings. The first-order chi connectivity index (χ1) is 21.3. The summed E-state index contributed by atoms with van der Waals surface area (Å²) in [4.78, 5) is 23.7. The van der Waals surface area contributed by atoms with Crippen LogP contribution in [0, 0.1) is 0 Å². The Morgan fingerprint density at radius 3 is 2.00 bits per heavy atom. The summed E-state index contributed by atoms with van der Waals surface area (Å²) in [6.45, 7) is 4.63. The van der Waals surface area contributed by atoms with E-state index in [0.29, 0.717) is 19.3 Å². The van der Waals surface area contributed by atoms with Crippen LogP contribution in [0.3, 0.4) is 0 Å². The predicted molar refractivity (Wildman–Crippen MR) is 176 cm³/mol.